The average Bonchev–Trinajstić information content (AvgIpc) is 2.48. The van der Waals surface area contributed by atoms with Gasteiger partial charge in [-0.05, 0) is 54.8 Å². The first-order valence-electron chi connectivity index (χ1n) is 6.69. The third kappa shape index (κ3) is 2.59. The normalized spacial score (nSPS) is 13.2. The number of aromatic hydroxyl groups is 1. The molecule has 4 heteroatoms. The van der Waals surface area contributed by atoms with E-state index in [1.54, 1.807) is 12.1 Å². The fraction of sp³-hybridized carbons (Fsp3) is 0.188. The SMILES string of the molecule is O=C(Nc1ccc2c(c1)NCCC2)c1ccc(O)cc1. The maximum atomic E-state index is 12.1. The standard InChI is InChI=1S/C16H16N2O2/c19-14-7-4-12(5-8-14)16(20)18-13-6-3-11-2-1-9-17-15(11)10-13/h3-8,10,17,19H,1-2,9H2,(H,18,20). The van der Waals surface area contributed by atoms with Crippen LogP contribution in [0.4, 0.5) is 11.4 Å². The van der Waals surface area contributed by atoms with E-state index in [2.05, 4.69) is 10.6 Å². The number of phenolic OH excluding ortho intramolecular Hbond substituents is 1. The van der Waals surface area contributed by atoms with Crippen molar-refractivity contribution in [2.45, 2.75) is 12.8 Å². The van der Waals surface area contributed by atoms with Gasteiger partial charge in [0.25, 0.3) is 5.91 Å². The van der Waals surface area contributed by atoms with E-state index in [0.29, 0.717) is 5.56 Å². The number of fused-ring (bicyclic) bond motifs is 1. The molecule has 3 N–H and O–H groups in total. The maximum absolute atomic E-state index is 12.1. The Labute approximate surface area is 117 Å². The first-order valence-corrected chi connectivity index (χ1v) is 6.69. The van der Waals surface area contributed by atoms with Crippen LogP contribution in [-0.4, -0.2) is 17.6 Å². The van der Waals surface area contributed by atoms with Gasteiger partial charge in [0.1, 0.15) is 5.75 Å². The van der Waals surface area contributed by atoms with Crippen LogP contribution >= 0.6 is 0 Å². The summed E-state index contributed by atoms with van der Waals surface area (Å²) in [6.07, 6.45) is 2.22. The minimum Gasteiger partial charge on any atom is -0.508 e. The summed E-state index contributed by atoms with van der Waals surface area (Å²) < 4.78 is 0. The average molecular weight is 268 g/mol. The van der Waals surface area contributed by atoms with Crippen LogP contribution in [-0.2, 0) is 6.42 Å². The van der Waals surface area contributed by atoms with Gasteiger partial charge >= 0.3 is 0 Å². The minimum atomic E-state index is -0.180. The first-order chi connectivity index (χ1) is 9.72. The number of aryl methyl sites for hydroxylation is 1. The summed E-state index contributed by atoms with van der Waals surface area (Å²) in [5.41, 5.74) is 3.68. The molecule has 0 aromatic heterocycles. The molecule has 0 atom stereocenters. The van der Waals surface area contributed by atoms with Crippen molar-refractivity contribution in [2.24, 2.45) is 0 Å². The summed E-state index contributed by atoms with van der Waals surface area (Å²) in [5.74, 6) is -0.0275. The predicted molar refractivity (Wildman–Crippen MR) is 79.3 cm³/mol. The van der Waals surface area contributed by atoms with Crippen LogP contribution in [0.5, 0.6) is 5.75 Å². The van der Waals surface area contributed by atoms with E-state index in [4.69, 9.17) is 0 Å². The van der Waals surface area contributed by atoms with Crippen LogP contribution < -0.4 is 10.6 Å². The van der Waals surface area contributed by atoms with Crippen molar-refractivity contribution in [3.05, 3.63) is 53.6 Å². The van der Waals surface area contributed by atoms with E-state index in [9.17, 15) is 9.90 Å². The second-order valence-electron chi connectivity index (χ2n) is 4.90. The van der Waals surface area contributed by atoms with Crippen molar-refractivity contribution in [1.29, 1.82) is 0 Å². The van der Waals surface area contributed by atoms with Gasteiger partial charge in [-0.25, -0.2) is 0 Å². The lowest BCUT2D eigenvalue weighted by atomic mass is 10.0. The van der Waals surface area contributed by atoms with E-state index in [1.807, 2.05) is 18.2 Å². The molecular weight excluding hydrogens is 252 g/mol. The Morgan fingerprint density at radius 3 is 2.75 bits per heavy atom. The molecule has 0 fully saturated rings. The molecule has 20 heavy (non-hydrogen) atoms. The number of carbonyl (C=O) groups excluding carboxylic acids is 1. The van der Waals surface area contributed by atoms with Crippen molar-refractivity contribution in [2.75, 3.05) is 17.2 Å². The molecule has 4 nitrogen and oxygen atoms in total. The lowest BCUT2D eigenvalue weighted by molar-refractivity contribution is 0.102. The Hall–Kier alpha value is -2.49. The molecule has 2 aromatic rings. The topological polar surface area (TPSA) is 61.4 Å². The molecule has 0 radical (unpaired) electrons. The number of anilines is 2. The fourth-order valence-corrected chi connectivity index (χ4v) is 2.35. The molecule has 2 aromatic carbocycles. The highest BCUT2D eigenvalue weighted by atomic mass is 16.3. The Bertz CT molecular complexity index is 635. The van der Waals surface area contributed by atoms with Crippen LogP contribution in [0, 0.1) is 0 Å². The zero-order chi connectivity index (χ0) is 13.9. The number of phenols is 1. The molecule has 0 unspecified atom stereocenters. The van der Waals surface area contributed by atoms with Crippen molar-refractivity contribution < 1.29 is 9.90 Å². The highest BCUT2D eigenvalue weighted by molar-refractivity contribution is 6.04. The second-order valence-corrected chi connectivity index (χ2v) is 4.90. The Morgan fingerprint density at radius 2 is 1.95 bits per heavy atom. The summed E-state index contributed by atoms with van der Waals surface area (Å²) in [4.78, 5) is 12.1. The van der Waals surface area contributed by atoms with Crippen LogP contribution in [0.2, 0.25) is 0 Å². The van der Waals surface area contributed by atoms with Crippen molar-refractivity contribution in [3.8, 4) is 5.75 Å². The summed E-state index contributed by atoms with van der Waals surface area (Å²) in [7, 11) is 0. The molecule has 1 aliphatic rings. The van der Waals surface area contributed by atoms with E-state index in [-0.39, 0.29) is 11.7 Å². The van der Waals surface area contributed by atoms with Gasteiger partial charge in [0.05, 0.1) is 0 Å². The van der Waals surface area contributed by atoms with Gasteiger partial charge < -0.3 is 15.7 Å². The van der Waals surface area contributed by atoms with Crippen molar-refractivity contribution >= 4 is 17.3 Å². The van der Waals surface area contributed by atoms with Gasteiger partial charge in [-0.2, -0.15) is 0 Å². The molecule has 1 amide bonds. The van der Waals surface area contributed by atoms with Crippen LogP contribution in [0.1, 0.15) is 22.3 Å². The lowest BCUT2D eigenvalue weighted by Crippen LogP contribution is -2.14. The quantitative estimate of drug-likeness (QED) is 0.784. The van der Waals surface area contributed by atoms with Gasteiger partial charge in [-0.15, -0.1) is 0 Å². The number of amides is 1. The molecule has 3 rings (SSSR count). The lowest BCUT2D eigenvalue weighted by Gasteiger charge is -2.18. The van der Waals surface area contributed by atoms with Gasteiger partial charge in [-0.3, -0.25) is 4.79 Å². The zero-order valence-corrected chi connectivity index (χ0v) is 11.0. The highest BCUT2D eigenvalue weighted by Gasteiger charge is 2.11. The summed E-state index contributed by atoms with van der Waals surface area (Å²) in [6, 6.07) is 12.1. The zero-order valence-electron chi connectivity index (χ0n) is 11.0. The molecular formula is C16H16N2O2. The number of nitrogens with one attached hydrogen (secondary N) is 2. The molecule has 0 aliphatic carbocycles. The van der Waals surface area contributed by atoms with Crippen LogP contribution in [0.25, 0.3) is 0 Å². The molecule has 0 saturated carbocycles. The number of hydrogen-bond donors (Lipinski definition) is 3. The number of carbonyl (C=O) groups is 1. The minimum absolute atomic E-state index is 0.152. The number of rotatable bonds is 2. The molecule has 0 bridgehead atoms. The van der Waals surface area contributed by atoms with Gasteiger partial charge in [0.2, 0.25) is 0 Å². The molecule has 0 saturated heterocycles. The van der Waals surface area contributed by atoms with E-state index in [1.165, 1.54) is 17.7 Å². The largest absolute Gasteiger partial charge is 0.508 e. The number of benzene rings is 2. The molecule has 102 valence electrons. The van der Waals surface area contributed by atoms with Crippen molar-refractivity contribution in [3.63, 3.8) is 0 Å². The van der Waals surface area contributed by atoms with Gasteiger partial charge in [0, 0.05) is 23.5 Å². The Morgan fingerprint density at radius 1 is 1.15 bits per heavy atom. The van der Waals surface area contributed by atoms with Crippen molar-refractivity contribution in [1.82, 2.24) is 0 Å². The molecule has 1 heterocycles. The monoisotopic (exact) mass is 268 g/mol. The van der Waals surface area contributed by atoms with Gasteiger partial charge in [-0.1, -0.05) is 6.07 Å². The summed E-state index contributed by atoms with van der Waals surface area (Å²) in [5, 5.41) is 15.4. The smallest absolute Gasteiger partial charge is 0.255 e. The Kier molecular flexibility index (Phi) is 3.29. The van der Waals surface area contributed by atoms with E-state index >= 15 is 0 Å². The van der Waals surface area contributed by atoms with Crippen LogP contribution in [0.3, 0.4) is 0 Å². The molecule has 1 aliphatic heterocycles. The van der Waals surface area contributed by atoms with E-state index < -0.39 is 0 Å². The fourth-order valence-electron chi connectivity index (χ4n) is 2.35. The number of hydrogen-bond acceptors (Lipinski definition) is 3. The summed E-state index contributed by atoms with van der Waals surface area (Å²) >= 11 is 0. The van der Waals surface area contributed by atoms with E-state index in [0.717, 1.165) is 30.8 Å². The second kappa shape index (κ2) is 5.25. The Balaban J connectivity index is 1.77. The van der Waals surface area contributed by atoms with Gasteiger partial charge in [0.15, 0.2) is 0 Å². The van der Waals surface area contributed by atoms with Crippen LogP contribution in [0.15, 0.2) is 42.5 Å². The molecule has 0 spiro atoms. The first kappa shape index (κ1) is 12.5. The maximum Gasteiger partial charge on any atom is 0.255 e. The third-order valence-corrected chi connectivity index (χ3v) is 3.44. The summed E-state index contributed by atoms with van der Waals surface area (Å²) in [6.45, 7) is 0.975. The highest BCUT2D eigenvalue weighted by Crippen LogP contribution is 2.25. The third-order valence-electron chi connectivity index (χ3n) is 3.44. The predicted octanol–water partition coefficient (Wildman–Crippen LogP) is 3.00.